The molecule has 3 rings (SSSR count). The van der Waals surface area contributed by atoms with Crippen molar-refractivity contribution >= 4 is 76.8 Å². The van der Waals surface area contributed by atoms with Crippen LogP contribution < -0.4 is 0 Å². The van der Waals surface area contributed by atoms with E-state index < -0.39 is 0 Å². The van der Waals surface area contributed by atoms with Crippen molar-refractivity contribution < 1.29 is 0 Å². The van der Waals surface area contributed by atoms with E-state index >= 15 is 0 Å². The monoisotopic (exact) mass is 534 g/mol. The van der Waals surface area contributed by atoms with Gasteiger partial charge < -0.3 is 0 Å². The van der Waals surface area contributed by atoms with Crippen molar-refractivity contribution in [2.75, 3.05) is 0 Å². The van der Waals surface area contributed by atoms with Crippen molar-refractivity contribution in [2.24, 2.45) is 0 Å². The Balaban J connectivity index is 2.20. The fraction of sp³-hybridized carbons (Fsp3) is 0.0588. The number of hydrogen-bond acceptors (Lipinski definition) is 0. The van der Waals surface area contributed by atoms with Crippen molar-refractivity contribution in [2.45, 2.75) is 5.38 Å². The van der Waals surface area contributed by atoms with Gasteiger partial charge in [0, 0.05) is 12.5 Å². The molecule has 0 bridgehead atoms. The highest BCUT2D eigenvalue weighted by Gasteiger charge is 2.17. The largest absolute Gasteiger partial charge is 0.113 e. The van der Waals surface area contributed by atoms with Crippen LogP contribution in [-0.2, 0) is 0 Å². The molecule has 106 valence electrons. The molecule has 0 aliphatic rings. The molecule has 0 amide bonds. The van der Waals surface area contributed by atoms with Gasteiger partial charge in [-0.05, 0) is 68.8 Å². The second-order valence-corrected chi connectivity index (χ2v) is 8.08. The zero-order valence-electron chi connectivity index (χ0n) is 10.8. The Morgan fingerprint density at radius 2 is 1.57 bits per heavy atom. The Labute approximate surface area is 159 Å². The predicted molar refractivity (Wildman–Crippen MR) is 106 cm³/mol. The van der Waals surface area contributed by atoms with E-state index in [1.807, 2.05) is 18.2 Å². The quantitative estimate of drug-likeness (QED) is 0.238. The molecule has 1 atom stereocenters. The maximum absolute atomic E-state index is 6.80. The van der Waals surface area contributed by atoms with Gasteiger partial charge in [-0.25, -0.2) is 0 Å². The molecule has 0 radical (unpaired) electrons. The van der Waals surface area contributed by atoms with Crippen LogP contribution in [0.25, 0.3) is 10.8 Å². The predicted octanol–water partition coefficient (Wildman–Crippen LogP) is 7.30. The van der Waals surface area contributed by atoms with Crippen molar-refractivity contribution in [3.8, 4) is 0 Å². The van der Waals surface area contributed by atoms with Gasteiger partial charge >= 0.3 is 0 Å². The number of rotatable bonds is 2. The molecular weight excluding hydrogens is 526 g/mol. The molecule has 0 heterocycles. The number of hydrogen-bond donors (Lipinski definition) is 0. The maximum atomic E-state index is 6.80. The summed E-state index contributed by atoms with van der Waals surface area (Å²) in [5.74, 6) is 0. The molecule has 3 aromatic carbocycles. The highest BCUT2D eigenvalue weighted by atomic mass is 127. The van der Waals surface area contributed by atoms with Gasteiger partial charge in [0.05, 0.1) is 5.38 Å². The lowest BCUT2D eigenvalue weighted by molar-refractivity contribution is 1.14. The first-order chi connectivity index (χ1) is 10.1. The number of alkyl halides is 1. The summed E-state index contributed by atoms with van der Waals surface area (Å²) in [6.07, 6.45) is 0. The number of fused-ring (bicyclic) bond motifs is 1. The van der Waals surface area contributed by atoms with E-state index in [4.69, 9.17) is 11.6 Å². The fourth-order valence-corrected chi connectivity index (χ4v) is 4.44. The summed E-state index contributed by atoms with van der Waals surface area (Å²) < 4.78 is 3.31. The first-order valence-electron chi connectivity index (χ1n) is 6.34. The summed E-state index contributed by atoms with van der Waals surface area (Å²) in [6, 6.07) is 18.7. The van der Waals surface area contributed by atoms with Crippen molar-refractivity contribution in [3.63, 3.8) is 0 Å². The molecule has 0 aromatic heterocycles. The van der Waals surface area contributed by atoms with E-state index in [-0.39, 0.29) is 5.38 Å². The average Bonchev–Trinajstić information content (AvgIpc) is 2.50. The fourth-order valence-electron chi connectivity index (χ4n) is 2.38. The maximum Gasteiger partial charge on any atom is 0.0852 e. The van der Waals surface area contributed by atoms with Crippen LogP contribution in [0.3, 0.4) is 0 Å². The molecule has 0 N–H and O–H groups in total. The first-order valence-corrected chi connectivity index (χ1v) is 9.44. The third kappa shape index (κ3) is 3.16. The van der Waals surface area contributed by atoms with Gasteiger partial charge in [-0.15, -0.1) is 11.6 Å². The lowest BCUT2D eigenvalue weighted by Gasteiger charge is -2.16. The summed E-state index contributed by atoms with van der Waals surface area (Å²) in [4.78, 5) is 0. The van der Waals surface area contributed by atoms with E-state index in [1.165, 1.54) is 14.3 Å². The molecule has 0 fully saturated rings. The van der Waals surface area contributed by atoms with Gasteiger partial charge in [-0.2, -0.15) is 0 Å². The lowest BCUT2D eigenvalue weighted by Crippen LogP contribution is -1.98. The summed E-state index contributed by atoms with van der Waals surface area (Å²) in [7, 11) is 0. The van der Waals surface area contributed by atoms with Crippen LogP contribution in [0.5, 0.6) is 0 Å². The minimum Gasteiger partial charge on any atom is -0.113 e. The second-order valence-electron chi connectivity index (χ2n) is 4.71. The smallest absolute Gasteiger partial charge is 0.0852 e. The topological polar surface area (TPSA) is 0 Å². The Morgan fingerprint density at radius 3 is 2.33 bits per heavy atom. The summed E-state index contributed by atoms with van der Waals surface area (Å²) in [6.45, 7) is 0. The highest BCUT2D eigenvalue weighted by Crippen LogP contribution is 2.38. The second kappa shape index (κ2) is 6.57. The molecule has 0 spiro atoms. The van der Waals surface area contributed by atoms with Crippen LogP contribution in [-0.4, -0.2) is 0 Å². The van der Waals surface area contributed by atoms with Crippen LogP contribution in [0.15, 0.2) is 63.5 Å². The van der Waals surface area contributed by atoms with E-state index in [2.05, 4.69) is 90.8 Å². The van der Waals surface area contributed by atoms with E-state index in [0.29, 0.717) is 0 Å². The molecule has 0 nitrogen and oxygen atoms in total. The van der Waals surface area contributed by atoms with Crippen LogP contribution in [0.1, 0.15) is 16.5 Å². The number of benzene rings is 3. The molecule has 0 saturated heterocycles. The molecule has 0 aliphatic carbocycles. The summed E-state index contributed by atoms with van der Waals surface area (Å²) in [5, 5.41) is 2.20. The van der Waals surface area contributed by atoms with Crippen LogP contribution >= 0.6 is 66.1 Å². The first kappa shape index (κ1) is 15.8. The minimum atomic E-state index is -0.174. The molecule has 4 heteroatoms. The van der Waals surface area contributed by atoms with E-state index in [1.54, 1.807) is 0 Å². The third-order valence-corrected chi connectivity index (χ3v) is 6.05. The zero-order valence-corrected chi connectivity index (χ0v) is 16.9. The third-order valence-electron chi connectivity index (χ3n) is 3.41. The van der Waals surface area contributed by atoms with Crippen molar-refractivity contribution in [3.05, 3.63) is 78.2 Å². The van der Waals surface area contributed by atoms with Crippen molar-refractivity contribution in [1.82, 2.24) is 0 Å². The average molecular weight is 536 g/mol. The van der Waals surface area contributed by atoms with E-state index in [0.717, 1.165) is 20.1 Å². The summed E-state index contributed by atoms with van der Waals surface area (Å²) >= 11 is 16.3. The zero-order chi connectivity index (χ0) is 15.0. The molecule has 0 saturated carbocycles. The van der Waals surface area contributed by atoms with Crippen molar-refractivity contribution in [1.29, 1.82) is 0 Å². The highest BCUT2D eigenvalue weighted by molar-refractivity contribution is 14.1. The standard InChI is InChI=1S/C17H10Br2ClI/c18-10-5-8-16(21)14(9-10)17(20)13-6-7-15(19)12-4-2-1-3-11(12)13/h1-9,17H. The minimum absolute atomic E-state index is 0.174. The van der Waals surface area contributed by atoms with Gasteiger partial charge in [0.15, 0.2) is 0 Å². The normalized spacial score (nSPS) is 12.6. The van der Waals surface area contributed by atoms with Crippen LogP contribution in [0.2, 0.25) is 0 Å². The number of halogens is 4. The Bertz CT molecular complexity index is 817. The molecular formula is C17H10Br2ClI. The Hall–Kier alpha value is -0.100. The Morgan fingerprint density at radius 1 is 0.857 bits per heavy atom. The van der Waals surface area contributed by atoms with Gasteiger partial charge in [0.25, 0.3) is 0 Å². The van der Waals surface area contributed by atoms with Gasteiger partial charge in [0.1, 0.15) is 0 Å². The van der Waals surface area contributed by atoms with Gasteiger partial charge in [-0.3, -0.25) is 0 Å². The molecule has 21 heavy (non-hydrogen) atoms. The molecule has 1 unspecified atom stereocenters. The SMILES string of the molecule is ClC(c1cc(Br)ccc1I)c1ccc(Br)c2ccccc12. The lowest BCUT2D eigenvalue weighted by atomic mass is 9.98. The summed E-state index contributed by atoms with van der Waals surface area (Å²) in [5.41, 5.74) is 2.26. The van der Waals surface area contributed by atoms with Gasteiger partial charge in [0.2, 0.25) is 0 Å². The van der Waals surface area contributed by atoms with Gasteiger partial charge in [-0.1, -0.05) is 62.2 Å². The van der Waals surface area contributed by atoms with E-state index in [9.17, 15) is 0 Å². The molecule has 3 aromatic rings. The molecule has 0 aliphatic heterocycles. The van der Waals surface area contributed by atoms with Crippen LogP contribution in [0, 0.1) is 3.57 Å². The Kier molecular flexibility index (Phi) is 4.94. The van der Waals surface area contributed by atoms with Crippen LogP contribution in [0.4, 0.5) is 0 Å².